The lowest BCUT2D eigenvalue weighted by Gasteiger charge is -2.10. The number of hydrogen-bond acceptors (Lipinski definition) is 7. The van der Waals surface area contributed by atoms with Gasteiger partial charge in [-0.1, -0.05) is 164 Å². The first kappa shape index (κ1) is 39.3. The molecule has 0 N–H and O–H groups in total. The van der Waals surface area contributed by atoms with E-state index in [-0.39, 0.29) is 0 Å². The summed E-state index contributed by atoms with van der Waals surface area (Å²) < 4.78 is 18.2. The molecule has 0 bridgehead atoms. The van der Waals surface area contributed by atoms with Crippen molar-refractivity contribution >= 4 is 107 Å². The highest BCUT2D eigenvalue weighted by Gasteiger charge is 2.21. The summed E-state index contributed by atoms with van der Waals surface area (Å²) in [6, 6.07) is 74.9. The van der Waals surface area contributed by atoms with Crippen LogP contribution in [0.5, 0.6) is 0 Å². The monoisotopic (exact) mass is 929 g/mol. The Hall–Kier alpha value is -8.75. The van der Waals surface area contributed by atoms with E-state index in [1.807, 2.05) is 77.3 Å². The molecule has 0 fully saturated rings. The summed E-state index contributed by atoms with van der Waals surface area (Å²) in [4.78, 5) is 15.6. The molecule has 0 aliphatic rings. The number of rotatable bonds is 6. The Labute approximate surface area is 408 Å². The Bertz CT molecular complexity index is 4600. The summed E-state index contributed by atoms with van der Waals surface area (Å²) in [6.07, 6.45) is 0. The molecule has 15 rings (SSSR count). The predicted octanol–water partition coefficient (Wildman–Crippen LogP) is 18.4. The molecule has 5 aromatic heterocycles. The van der Waals surface area contributed by atoms with Crippen molar-refractivity contribution in [2.75, 3.05) is 0 Å². The second-order valence-corrected chi connectivity index (χ2v) is 20.0. The summed E-state index contributed by atoms with van der Waals surface area (Å²) in [6.45, 7) is 0. The highest BCUT2D eigenvalue weighted by molar-refractivity contribution is 7.26. The Kier molecular flexibility index (Phi) is 8.63. The zero-order valence-electron chi connectivity index (χ0n) is 37.2. The van der Waals surface area contributed by atoms with E-state index in [2.05, 4.69) is 158 Å². The molecular formula is C63H35N3O2S2. The van der Waals surface area contributed by atoms with Crippen LogP contribution in [0.4, 0.5) is 0 Å². The van der Waals surface area contributed by atoms with Crippen molar-refractivity contribution in [2.45, 2.75) is 0 Å². The van der Waals surface area contributed by atoms with Crippen molar-refractivity contribution in [3.8, 4) is 67.5 Å². The third-order valence-electron chi connectivity index (χ3n) is 13.8. The highest BCUT2D eigenvalue weighted by atomic mass is 32.1. The Morgan fingerprint density at radius 1 is 0.271 bits per heavy atom. The lowest BCUT2D eigenvalue weighted by atomic mass is 9.93. The van der Waals surface area contributed by atoms with E-state index in [0.29, 0.717) is 17.5 Å². The largest absolute Gasteiger partial charge is 0.456 e. The van der Waals surface area contributed by atoms with Gasteiger partial charge >= 0.3 is 0 Å². The molecule has 7 heteroatoms. The van der Waals surface area contributed by atoms with Crippen LogP contribution < -0.4 is 0 Å². The Balaban J connectivity index is 0.873. The van der Waals surface area contributed by atoms with E-state index in [9.17, 15) is 0 Å². The van der Waals surface area contributed by atoms with Crippen LogP contribution in [0, 0.1) is 0 Å². The zero-order chi connectivity index (χ0) is 45.9. The van der Waals surface area contributed by atoms with Crippen LogP contribution >= 0.6 is 22.7 Å². The van der Waals surface area contributed by atoms with Crippen molar-refractivity contribution in [2.24, 2.45) is 0 Å². The number of nitrogens with zero attached hydrogens (tertiary/aromatic N) is 3. The average Bonchev–Trinajstić information content (AvgIpc) is 4.21. The first-order valence-electron chi connectivity index (χ1n) is 23.3. The van der Waals surface area contributed by atoms with Crippen molar-refractivity contribution in [1.82, 2.24) is 15.0 Å². The van der Waals surface area contributed by atoms with E-state index < -0.39 is 0 Å². The molecular weight excluding hydrogens is 895 g/mol. The normalized spacial score (nSPS) is 12.0. The second kappa shape index (κ2) is 15.4. The molecule has 0 aliphatic carbocycles. The third-order valence-corrected chi connectivity index (χ3v) is 16.0. The fourth-order valence-corrected chi connectivity index (χ4v) is 12.8. The maximum absolute atomic E-state index is 6.64. The number of benzene rings is 10. The van der Waals surface area contributed by atoms with E-state index >= 15 is 0 Å². The lowest BCUT2D eigenvalue weighted by molar-refractivity contribution is 0.669. The second-order valence-electron chi connectivity index (χ2n) is 17.8. The molecule has 0 aliphatic heterocycles. The van der Waals surface area contributed by atoms with Crippen molar-refractivity contribution in [3.63, 3.8) is 0 Å². The third kappa shape index (κ3) is 6.12. The van der Waals surface area contributed by atoms with Crippen LogP contribution in [-0.2, 0) is 0 Å². The van der Waals surface area contributed by atoms with Gasteiger partial charge in [0.1, 0.15) is 22.3 Å². The molecule has 326 valence electrons. The van der Waals surface area contributed by atoms with Crippen LogP contribution in [0.3, 0.4) is 0 Å². The number of para-hydroxylation sites is 2. The van der Waals surface area contributed by atoms with Crippen molar-refractivity contribution in [3.05, 3.63) is 212 Å². The molecule has 5 heterocycles. The van der Waals surface area contributed by atoms with Gasteiger partial charge in [-0.3, -0.25) is 0 Å². The van der Waals surface area contributed by atoms with Gasteiger partial charge in [-0.15, -0.1) is 22.7 Å². The van der Waals surface area contributed by atoms with Gasteiger partial charge in [-0.2, -0.15) is 0 Å². The van der Waals surface area contributed by atoms with Crippen LogP contribution in [0.1, 0.15) is 0 Å². The quantitative estimate of drug-likeness (QED) is 0.166. The number of aromatic nitrogens is 3. The maximum atomic E-state index is 6.64. The van der Waals surface area contributed by atoms with Gasteiger partial charge in [0.05, 0.1) is 0 Å². The topological polar surface area (TPSA) is 65.0 Å². The van der Waals surface area contributed by atoms with E-state index in [4.69, 9.17) is 23.8 Å². The summed E-state index contributed by atoms with van der Waals surface area (Å²) in [5, 5.41) is 9.33. The summed E-state index contributed by atoms with van der Waals surface area (Å²) in [5.41, 5.74) is 12.8. The van der Waals surface area contributed by atoms with Gasteiger partial charge in [-0.05, 0) is 76.3 Å². The molecule has 15 aromatic rings. The average molecular weight is 930 g/mol. The van der Waals surface area contributed by atoms with Crippen LogP contribution in [0.2, 0.25) is 0 Å². The summed E-state index contributed by atoms with van der Waals surface area (Å²) >= 11 is 3.71. The van der Waals surface area contributed by atoms with Crippen molar-refractivity contribution < 1.29 is 8.83 Å². The van der Waals surface area contributed by atoms with E-state index in [1.165, 1.54) is 57.0 Å². The molecule has 0 atom stereocenters. The smallest absolute Gasteiger partial charge is 0.164 e. The van der Waals surface area contributed by atoms with Gasteiger partial charge in [0.15, 0.2) is 17.5 Å². The maximum Gasteiger partial charge on any atom is 0.164 e. The number of hydrogen-bond donors (Lipinski definition) is 0. The van der Waals surface area contributed by atoms with Gasteiger partial charge < -0.3 is 8.83 Å². The molecule has 0 saturated carbocycles. The van der Waals surface area contributed by atoms with Gasteiger partial charge in [0.2, 0.25) is 0 Å². The minimum atomic E-state index is 0.574. The first-order valence-corrected chi connectivity index (χ1v) is 24.9. The zero-order valence-corrected chi connectivity index (χ0v) is 38.8. The summed E-state index contributed by atoms with van der Waals surface area (Å²) in [5.74, 6) is 1.76. The number of furan rings is 2. The van der Waals surface area contributed by atoms with Gasteiger partial charge in [0.25, 0.3) is 0 Å². The highest BCUT2D eigenvalue weighted by Crippen LogP contribution is 2.47. The molecule has 70 heavy (non-hydrogen) atoms. The molecule has 10 aromatic carbocycles. The number of thiophene rings is 2. The molecule has 0 saturated heterocycles. The molecule has 0 unspecified atom stereocenters. The standard InChI is InChI=1S/C63H35N3O2S2/c1-2-12-37(13-3-1)61-64-62(38-28-26-36(27-29-38)43-18-8-19-47-44-14-4-6-21-50(44)68-60(43)47)66-63(65-61)48-20-9-22-52-57(48)49-34-39(31-33-51(49)67-52)41-16-10-24-54-58(41)59-42(17-11-25-55(59)70-54)40-30-32-46-45-15-5-7-23-53(45)69-56(46)35-40/h1-35H. The Morgan fingerprint density at radius 2 is 0.800 bits per heavy atom. The minimum Gasteiger partial charge on any atom is -0.456 e. The lowest BCUT2D eigenvalue weighted by Crippen LogP contribution is -2.00. The fourth-order valence-electron chi connectivity index (χ4n) is 10.5. The van der Waals surface area contributed by atoms with Crippen LogP contribution in [-0.4, -0.2) is 15.0 Å². The van der Waals surface area contributed by atoms with Crippen molar-refractivity contribution in [1.29, 1.82) is 0 Å². The van der Waals surface area contributed by atoms with E-state index in [1.54, 1.807) is 0 Å². The minimum absolute atomic E-state index is 0.574. The first-order chi connectivity index (χ1) is 34.7. The predicted molar refractivity (Wildman–Crippen MR) is 293 cm³/mol. The molecule has 5 nitrogen and oxygen atoms in total. The summed E-state index contributed by atoms with van der Waals surface area (Å²) in [7, 11) is 0. The molecule has 0 amide bonds. The van der Waals surface area contributed by atoms with Crippen LogP contribution in [0.25, 0.3) is 152 Å². The van der Waals surface area contributed by atoms with Gasteiger partial charge in [0, 0.05) is 84.1 Å². The van der Waals surface area contributed by atoms with Crippen LogP contribution in [0.15, 0.2) is 221 Å². The molecule has 0 spiro atoms. The SMILES string of the molecule is c1ccc(-c2nc(-c3ccc(-c4cccc5c4oc4ccccc45)cc3)nc(-c3cccc4oc5ccc(-c6cccc7sc8cccc(-c9ccc%10c(c9)sc9ccccc9%10)c8c67)cc5c34)n2)cc1. The fraction of sp³-hybridized carbons (Fsp3) is 0. The van der Waals surface area contributed by atoms with Gasteiger partial charge in [-0.25, -0.2) is 15.0 Å². The molecule has 0 radical (unpaired) electrons. The number of fused-ring (bicyclic) bond motifs is 12. The Morgan fingerprint density at radius 3 is 1.61 bits per heavy atom. The van der Waals surface area contributed by atoms with E-state index in [0.717, 1.165) is 77.3 Å².